The van der Waals surface area contributed by atoms with E-state index in [1.165, 1.54) is 31.4 Å². The van der Waals surface area contributed by atoms with E-state index in [2.05, 4.69) is 22.0 Å². The molecule has 4 rings (SSSR count). The van der Waals surface area contributed by atoms with Crippen LogP contribution in [0.5, 0.6) is 0 Å². The SMILES string of the molecule is Nc1ccc(N2CCOC3CCCCC32)c2cccnc12. The Kier molecular flexibility index (Phi) is 3.19. The lowest BCUT2D eigenvalue weighted by Gasteiger charge is -2.45. The van der Waals surface area contributed by atoms with E-state index >= 15 is 0 Å². The number of benzene rings is 1. The smallest absolute Gasteiger partial charge is 0.0951 e. The Morgan fingerprint density at radius 2 is 2.10 bits per heavy atom. The van der Waals surface area contributed by atoms with Crippen LogP contribution in [0.15, 0.2) is 30.5 Å². The number of aromatic nitrogens is 1. The summed E-state index contributed by atoms with van der Waals surface area (Å²) < 4.78 is 5.99. The molecule has 0 radical (unpaired) electrons. The Morgan fingerprint density at radius 1 is 1.19 bits per heavy atom. The lowest BCUT2D eigenvalue weighted by Crippen LogP contribution is -2.52. The highest BCUT2D eigenvalue weighted by atomic mass is 16.5. The Bertz CT molecular complexity index is 656. The summed E-state index contributed by atoms with van der Waals surface area (Å²) in [6.07, 6.45) is 7.19. The summed E-state index contributed by atoms with van der Waals surface area (Å²) in [5, 5.41) is 1.16. The van der Waals surface area contributed by atoms with E-state index in [9.17, 15) is 0 Å². The second-order valence-corrected chi connectivity index (χ2v) is 6.03. The molecular formula is C17H21N3O. The Labute approximate surface area is 124 Å². The van der Waals surface area contributed by atoms with Crippen LogP contribution in [0.3, 0.4) is 0 Å². The summed E-state index contributed by atoms with van der Waals surface area (Å²) in [7, 11) is 0. The minimum Gasteiger partial charge on any atom is -0.397 e. The second kappa shape index (κ2) is 5.19. The summed E-state index contributed by atoms with van der Waals surface area (Å²) >= 11 is 0. The molecule has 1 aliphatic heterocycles. The maximum atomic E-state index is 6.08. The normalized spacial score (nSPS) is 25.8. The monoisotopic (exact) mass is 283 g/mol. The highest BCUT2D eigenvalue weighted by Crippen LogP contribution is 2.36. The van der Waals surface area contributed by atoms with Crippen molar-refractivity contribution in [3.8, 4) is 0 Å². The standard InChI is InChI=1S/C17H21N3O/c18-13-7-8-14(12-4-3-9-19-17(12)13)20-10-11-21-16-6-2-1-5-15(16)20/h3-4,7-9,15-16H,1-2,5-6,10-11,18H2. The molecule has 2 heterocycles. The summed E-state index contributed by atoms with van der Waals surface area (Å²) in [5.74, 6) is 0. The highest BCUT2D eigenvalue weighted by Gasteiger charge is 2.34. The third kappa shape index (κ3) is 2.14. The lowest BCUT2D eigenvalue weighted by molar-refractivity contribution is -0.00856. The fourth-order valence-electron chi connectivity index (χ4n) is 3.83. The van der Waals surface area contributed by atoms with Crippen LogP contribution in [-0.4, -0.2) is 30.3 Å². The van der Waals surface area contributed by atoms with Crippen LogP contribution in [0.4, 0.5) is 11.4 Å². The maximum absolute atomic E-state index is 6.08. The van der Waals surface area contributed by atoms with Gasteiger partial charge >= 0.3 is 0 Å². The number of morpholine rings is 1. The fraction of sp³-hybridized carbons (Fsp3) is 0.471. The van der Waals surface area contributed by atoms with E-state index < -0.39 is 0 Å². The molecule has 4 heteroatoms. The van der Waals surface area contributed by atoms with Crippen LogP contribution in [0.1, 0.15) is 25.7 Å². The van der Waals surface area contributed by atoms with E-state index in [1.54, 1.807) is 0 Å². The van der Waals surface area contributed by atoms with E-state index in [1.807, 2.05) is 18.3 Å². The Hall–Kier alpha value is -1.81. The van der Waals surface area contributed by atoms with Gasteiger partial charge in [0.25, 0.3) is 0 Å². The molecular weight excluding hydrogens is 262 g/mol. The van der Waals surface area contributed by atoms with E-state index in [0.29, 0.717) is 12.1 Å². The molecule has 0 spiro atoms. The molecule has 1 aliphatic carbocycles. The van der Waals surface area contributed by atoms with Crippen LogP contribution >= 0.6 is 0 Å². The molecule has 21 heavy (non-hydrogen) atoms. The first-order chi connectivity index (χ1) is 10.3. The zero-order valence-electron chi connectivity index (χ0n) is 12.2. The van der Waals surface area contributed by atoms with E-state index in [0.717, 1.165) is 29.7 Å². The molecule has 2 unspecified atom stereocenters. The average molecular weight is 283 g/mol. The van der Waals surface area contributed by atoms with Crippen molar-refractivity contribution in [2.45, 2.75) is 37.8 Å². The van der Waals surface area contributed by atoms with Gasteiger partial charge < -0.3 is 15.4 Å². The van der Waals surface area contributed by atoms with Crippen molar-refractivity contribution in [2.24, 2.45) is 0 Å². The predicted octanol–water partition coefficient (Wildman–Crippen LogP) is 2.96. The number of nitrogens with two attached hydrogens (primary N) is 1. The topological polar surface area (TPSA) is 51.4 Å². The lowest BCUT2D eigenvalue weighted by atomic mass is 9.89. The van der Waals surface area contributed by atoms with Crippen LogP contribution in [0.25, 0.3) is 10.9 Å². The van der Waals surface area contributed by atoms with Crippen LogP contribution in [-0.2, 0) is 4.74 Å². The summed E-state index contributed by atoms with van der Waals surface area (Å²) in [6, 6.07) is 8.75. The number of rotatable bonds is 1. The number of hydrogen-bond donors (Lipinski definition) is 1. The number of fused-ring (bicyclic) bond motifs is 2. The van der Waals surface area contributed by atoms with Crippen molar-refractivity contribution in [1.29, 1.82) is 0 Å². The molecule has 2 N–H and O–H groups in total. The zero-order valence-corrected chi connectivity index (χ0v) is 12.2. The molecule has 0 bridgehead atoms. The first-order valence-corrected chi connectivity index (χ1v) is 7.86. The Morgan fingerprint density at radius 3 is 3.05 bits per heavy atom. The van der Waals surface area contributed by atoms with Gasteiger partial charge in [-0.15, -0.1) is 0 Å². The fourth-order valence-corrected chi connectivity index (χ4v) is 3.83. The third-order valence-corrected chi connectivity index (χ3v) is 4.82. The zero-order chi connectivity index (χ0) is 14.2. The quantitative estimate of drug-likeness (QED) is 0.818. The van der Waals surface area contributed by atoms with Crippen molar-refractivity contribution >= 4 is 22.3 Å². The van der Waals surface area contributed by atoms with Crippen molar-refractivity contribution in [3.63, 3.8) is 0 Å². The number of pyridine rings is 1. The minimum atomic E-state index is 0.386. The molecule has 1 saturated heterocycles. The van der Waals surface area contributed by atoms with Crippen LogP contribution < -0.4 is 10.6 Å². The van der Waals surface area contributed by atoms with Gasteiger partial charge in [-0.1, -0.05) is 12.8 Å². The van der Waals surface area contributed by atoms with Gasteiger partial charge in [0.15, 0.2) is 0 Å². The van der Waals surface area contributed by atoms with Gasteiger partial charge in [0, 0.05) is 23.8 Å². The van der Waals surface area contributed by atoms with Gasteiger partial charge in [0.05, 0.1) is 30.0 Å². The predicted molar refractivity (Wildman–Crippen MR) is 85.5 cm³/mol. The summed E-state index contributed by atoms with van der Waals surface area (Å²) in [4.78, 5) is 6.98. The molecule has 110 valence electrons. The minimum absolute atomic E-state index is 0.386. The van der Waals surface area contributed by atoms with E-state index in [4.69, 9.17) is 10.5 Å². The maximum Gasteiger partial charge on any atom is 0.0951 e. The van der Waals surface area contributed by atoms with E-state index in [-0.39, 0.29) is 0 Å². The van der Waals surface area contributed by atoms with Gasteiger partial charge in [0.2, 0.25) is 0 Å². The van der Waals surface area contributed by atoms with Gasteiger partial charge in [-0.05, 0) is 37.1 Å². The number of hydrogen-bond acceptors (Lipinski definition) is 4. The first kappa shape index (κ1) is 12.9. The molecule has 1 saturated carbocycles. The average Bonchev–Trinajstić information content (AvgIpc) is 2.55. The summed E-state index contributed by atoms with van der Waals surface area (Å²) in [6.45, 7) is 1.77. The van der Waals surface area contributed by atoms with Gasteiger partial charge in [-0.25, -0.2) is 0 Å². The van der Waals surface area contributed by atoms with Crippen LogP contribution in [0, 0.1) is 0 Å². The molecule has 1 aromatic heterocycles. The van der Waals surface area contributed by atoms with Gasteiger partial charge in [-0.3, -0.25) is 4.98 Å². The third-order valence-electron chi connectivity index (χ3n) is 4.82. The number of anilines is 2. The van der Waals surface area contributed by atoms with Crippen molar-refractivity contribution in [2.75, 3.05) is 23.8 Å². The summed E-state index contributed by atoms with van der Waals surface area (Å²) in [5.41, 5.74) is 9.00. The molecule has 2 aromatic rings. The Balaban J connectivity index is 1.80. The van der Waals surface area contributed by atoms with Crippen molar-refractivity contribution in [3.05, 3.63) is 30.5 Å². The number of nitrogen functional groups attached to an aromatic ring is 1. The number of ether oxygens (including phenoxy) is 1. The molecule has 4 nitrogen and oxygen atoms in total. The van der Waals surface area contributed by atoms with Crippen molar-refractivity contribution < 1.29 is 4.74 Å². The largest absolute Gasteiger partial charge is 0.397 e. The molecule has 2 fully saturated rings. The van der Waals surface area contributed by atoms with Crippen molar-refractivity contribution in [1.82, 2.24) is 4.98 Å². The first-order valence-electron chi connectivity index (χ1n) is 7.86. The highest BCUT2D eigenvalue weighted by molar-refractivity contribution is 5.98. The van der Waals surface area contributed by atoms with Gasteiger partial charge in [-0.2, -0.15) is 0 Å². The molecule has 1 aromatic carbocycles. The molecule has 0 amide bonds. The molecule has 2 aliphatic rings. The number of nitrogens with zero attached hydrogens (tertiary/aromatic N) is 2. The van der Waals surface area contributed by atoms with Gasteiger partial charge in [0.1, 0.15) is 0 Å². The second-order valence-electron chi connectivity index (χ2n) is 6.03. The van der Waals surface area contributed by atoms with Crippen LogP contribution in [0.2, 0.25) is 0 Å². The molecule has 2 atom stereocenters.